The molecule has 0 radical (unpaired) electrons. The van der Waals surface area contributed by atoms with Gasteiger partial charge in [-0.25, -0.2) is 14.8 Å². The number of anilines is 1. The van der Waals surface area contributed by atoms with Crippen LogP contribution >= 0.6 is 12.2 Å². The summed E-state index contributed by atoms with van der Waals surface area (Å²) in [7, 11) is 4.61. The number of methoxy groups -OCH3 is 3. The summed E-state index contributed by atoms with van der Waals surface area (Å²) in [6.45, 7) is 18.4. The number of aryl methyl sites for hydroxylation is 1. The number of nitrogens with zero attached hydrogens (tertiary/aromatic N) is 5. The van der Waals surface area contributed by atoms with Crippen molar-refractivity contribution >= 4 is 58.4 Å². The van der Waals surface area contributed by atoms with Gasteiger partial charge in [0.15, 0.2) is 10.8 Å². The lowest BCUT2D eigenvalue weighted by atomic mass is 9.78. The highest BCUT2D eigenvalue weighted by Gasteiger charge is 2.53. The fraction of sp³-hybridized carbons (Fsp3) is 0.721. The predicted molar refractivity (Wildman–Crippen MR) is 341 cm³/mol. The quantitative estimate of drug-likeness (QED) is 0.0519. The molecule has 0 unspecified atom stereocenters. The van der Waals surface area contributed by atoms with Crippen LogP contribution in [0.3, 0.4) is 0 Å². The number of esters is 1. The third-order valence-corrected chi connectivity index (χ3v) is 19.1. The third kappa shape index (κ3) is 20.7. The van der Waals surface area contributed by atoms with Gasteiger partial charge in [0, 0.05) is 110 Å². The van der Waals surface area contributed by atoms with Gasteiger partial charge in [-0.05, 0) is 138 Å². The average Bonchev–Trinajstić information content (AvgIpc) is 3.70. The number of carbonyl (C=O) groups is 6. The molecule has 0 spiro atoms. The van der Waals surface area contributed by atoms with Gasteiger partial charge < -0.3 is 58.1 Å². The molecule has 1 aromatic rings. The topological polar surface area (TPSA) is 243 Å². The Hall–Kier alpha value is -5.13. The lowest BCUT2D eigenvalue weighted by Crippen LogP contribution is -2.61. The second-order valence-corrected chi connectivity index (χ2v) is 26.1. The number of allylic oxidation sites excluding steroid dienone is 6. The number of thiocarbonyl (C=S) groups is 1. The van der Waals surface area contributed by atoms with Gasteiger partial charge >= 0.3 is 5.97 Å². The van der Waals surface area contributed by atoms with Crippen LogP contribution in [0.2, 0.25) is 0 Å². The molecule has 5 aliphatic rings. The van der Waals surface area contributed by atoms with Gasteiger partial charge in [0.1, 0.15) is 36.2 Å². The van der Waals surface area contributed by atoms with Crippen LogP contribution in [-0.2, 0) is 68.3 Å². The van der Waals surface area contributed by atoms with Crippen molar-refractivity contribution in [3.63, 3.8) is 0 Å². The number of aliphatic hydroxyl groups is 2. The SMILES string of the molecule is CCCOCCC(=O)N1CCN(c2ncc(CCC(=S)O[C@@H]3CC[C@@H](C[C@@H](C)[C@@H]4CC(=O)[C@H](C)/C=C(\C)[C@@H](O)[C@@H](OC)C(=O)[C@H](C)C[C@H](C)/C=C/C=C/C=C(\C)[C@@H](OC)C[C@@H]5CC[C@@H](C)[C@@](O)(O5)C(=O)C(=O)N5CCCC[C@H]5C(=O)O4)C[C@H]3OC)cn2)CC1. The monoisotopic (exact) mass is 1260 g/mol. The van der Waals surface area contributed by atoms with Gasteiger partial charge in [-0.2, -0.15) is 0 Å². The molecule has 15 atom stereocenters. The highest BCUT2D eigenvalue weighted by molar-refractivity contribution is 7.80. The fourth-order valence-electron chi connectivity index (χ4n) is 13.1. The van der Waals surface area contributed by atoms with Crippen LogP contribution in [0.15, 0.2) is 60.0 Å². The van der Waals surface area contributed by atoms with E-state index in [0.717, 1.165) is 24.0 Å². The van der Waals surface area contributed by atoms with Crippen molar-refractivity contribution in [1.82, 2.24) is 19.8 Å². The Morgan fingerprint density at radius 1 is 0.831 bits per heavy atom. The number of hydrogen-bond donors (Lipinski definition) is 2. The van der Waals surface area contributed by atoms with E-state index in [9.17, 15) is 39.0 Å². The van der Waals surface area contributed by atoms with E-state index in [0.29, 0.717) is 133 Å². The summed E-state index contributed by atoms with van der Waals surface area (Å²) in [6.07, 6.45) is 17.3. The van der Waals surface area contributed by atoms with Crippen LogP contribution in [0.4, 0.5) is 5.95 Å². The van der Waals surface area contributed by atoms with E-state index in [2.05, 4.69) is 14.9 Å². The molecule has 4 aliphatic heterocycles. The molecule has 1 aromatic heterocycles. The summed E-state index contributed by atoms with van der Waals surface area (Å²) in [6, 6.07) is -1.18. The Balaban J connectivity index is 1.15. The minimum absolute atomic E-state index is 0.000681. The van der Waals surface area contributed by atoms with Gasteiger partial charge in [-0.15, -0.1) is 0 Å². The van der Waals surface area contributed by atoms with Crippen molar-refractivity contribution in [2.24, 2.45) is 35.5 Å². The highest BCUT2D eigenvalue weighted by Crippen LogP contribution is 2.38. The number of rotatable bonds is 16. The largest absolute Gasteiger partial charge is 0.481 e. The van der Waals surface area contributed by atoms with Gasteiger partial charge in [0.25, 0.3) is 11.7 Å². The number of piperidine rings is 1. The van der Waals surface area contributed by atoms with E-state index in [1.54, 1.807) is 53.5 Å². The minimum atomic E-state index is -2.46. The Kier molecular flexibility index (Phi) is 29.2. The Labute approximate surface area is 533 Å². The number of cyclic esters (lactones) is 1. The Morgan fingerprint density at radius 2 is 1.56 bits per heavy atom. The summed E-state index contributed by atoms with van der Waals surface area (Å²) in [5.41, 5.74) is 2.16. The van der Waals surface area contributed by atoms with Crippen LogP contribution in [0.5, 0.6) is 0 Å². The maximum absolute atomic E-state index is 14.7. The molecule has 4 fully saturated rings. The van der Waals surface area contributed by atoms with E-state index < -0.39 is 77.8 Å². The zero-order valence-electron chi connectivity index (χ0n) is 54.8. The van der Waals surface area contributed by atoms with Crippen molar-refractivity contribution in [1.29, 1.82) is 0 Å². The second-order valence-electron chi connectivity index (χ2n) is 25.7. The van der Waals surface area contributed by atoms with Crippen molar-refractivity contribution in [3.05, 3.63) is 65.6 Å². The molecule has 6 rings (SSSR count). The first-order valence-electron chi connectivity index (χ1n) is 32.6. The lowest BCUT2D eigenvalue weighted by molar-refractivity contribution is -0.265. The van der Waals surface area contributed by atoms with E-state index >= 15 is 0 Å². The normalized spacial score (nSPS) is 33.7. The minimum Gasteiger partial charge on any atom is -0.481 e. The van der Waals surface area contributed by atoms with E-state index in [1.807, 2.05) is 69.9 Å². The maximum Gasteiger partial charge on any atom is 0.329 e. The standard InChI is InChI=1S/C68H103N5O15S/c1-12-33-85-34-27-59(75)71-29-31-72(32-30-71)67-69-41-51(42-70-67)23-26-60(89)86-55-25-22-50(38-58(55)83-10)37-46(5)57-40-54(74)45(4)36-48(7)62(77)63(84-11)61(76)47(6)35-43(2)18-14-13-15-19-44(3)56(82-9)39-52-24-21-49(8)68(81,88-52)64(78)65(79)73-28-17-16-20-53(73)66(80)87-57/h13-15,18-19,36,41-43,45-47,49-50,52-53,55-58,62-63,77,81H,12,16-17,20-35,37-40H2,1-11H3/b15-13+,18-14+,44-19+,48-36+/t43-,45-,46-,47-,49-,50+,52+,53+,55-,56+,57+,58-,62-,63+,68-/m1/s1. The molecule has 89 heavy (non-hydrogen) atoms. The zero-order valence-corrected chi connectivity index (χ0v) is 55.6. The molecule has 3 saturated heterocycles. The molecule has 21 heteroatoms. The number of Topliss-reactive ketones (excluding diaryl/α,β-unsaturated/α-hetero) is 3. The van der Waals surface area contributed by atoms with Gasteiger partial charge in [0.2, 0.25) is 17.6 Å². The molecule has 5 heterocycles. The number of carbonyl (C=O) groups excluding carboxylic acids is 6. The van der Waals surface area contributed by atoms with E-state index in [4.69, 9.17) is 45.4 Å². The van der Waals surface area contributed by atoms with Crippen LogP contribution in [-0.4, -0.2) is 192 Å². The first-order chi connectivity index (χ1) is 42.5. The highest BCUT2D eigenvalue weighted by atomic mass is 32.1. The third-order valence-electron chi connectivity index (χ3n) is 18.8. The average molecular weight is 1260 g/mol. The van der Waals surface area contributed by atoms with Gasteiger partial charge in [-0.1, -0.05) is 78.0 Å². The molecule has 1 aliphatic carbocycles. The number of aliphatic hydroxyl groups excluding tert-OH is 1. The number of fused-ring (bicyclic) bond motifs is 3. The molecular formula is C68H103N5O15S. The molecular weight excluding hydrogens is 1160 g/mol. The molecule has 496 valence electrons. The van der Waals surface area contributed by atoms with Crippen LogP contribution in [0.1, 0.15) is 157 Å². The number of aromatic nitrogens is 2. The summed E-state index contributed by atoms with van der Waals surface area (Å²) in [5, 5.41) is 24.2. The maximum atomic E-state index is 14.7. The zero-order chi connectivity index (χ0) is 65.0. The molecule has 2 amide bonds. The smallest absolute Gasteiger partial charge is 0.329 e. The predicted octanol–water partition coefficient (Wildman–Crippen LogP) is 8.42. The molecule has 2 N–H and O–H groups in total. The van der Waals surface area contributed by atoms with Crippen molar-refractivity contribution in [2.75, 3.05) is 72.2 Å². The Morgan fingerprint density at radius 3 is 2.25 bits per heavy atom. The number of amides is 2. The van der Waals surface area contributed by atoms with Crippen LogP contribution in [0, 0.1) is 35.5 Å². The number of ketones is 3. The first kappa shape index (κ1) is 72.9. The number of piperazine rings is 1. The fourth-order valence-corrected chi connectivity index (χ4v) is 13.3. The summed E-state index contributed by atoms with van der Waals surface area (Å²) < 4.78 is 42.1. The summed E-state index contributed by atoms with van der Waals surface area (Å²) >= 11 is 5.79. The van der Waals surface area contributed by atoms with Gasteiger partial charge in [0.05, 0.1) is 31.3 Å². The van der Waals surface area contributed by atoms with Crippen molar-refractivity contribution < 1.29 is 72.1 Å². The second kappa shape index (κ2) is 35.6. The van der Waals surface area contributed by atoms with Gasteiger partial charge in [-0.3, -0.25) is 24.0 Å². The Bertz CT molecular complexity index is 2640. The van der Waals surface area contributed by atoms with E-state index in [-0.39, 0.29) is 66.8 Å². The number of hydrogen-bond acceptors (Lipinski definition) is 19. The van der Waals surface area contributed by atoms with Crippen LogP contribution < -0.4 is 4.90 Å². The molecule has 1 saturated carbocycles. The van der Waals surface area contributed by atoms with Crippen molar-refractivity contribution in [2.45, 2.75) is 213 Å². The summed E-state index contributed by atoms with van der Waals surface area (Å²) in [5.74, 6) is -7.54. The number of ether oxygens (including phenoxy) is 7. The lowest BCUT2D eigenvalue weighted by Gasteiger charge is -2.42. The molecule has 2 bridgehead atoms. The first-order valence-corrected chi connectivity index (χ1v) is 33.0. The molecule has 0 aromatic carbocycles. The van der Waals surface area contributed by atoms with E-state index in [1.165, 1.54) is 12.0 Å². The molecule has 20 nitrogen and oxygen atoms in total. The van der Waals surface area contributed by atoms with Crippen LogP contribution in [0.25, 0.3) is 0 Å². The summed E-state index contributed by atoms with van der Waals surface area (Å²) in [4.78, 5) is 99.1. The van der Waals surface area contributed by atoms with Crippen molar-refractivity contribution in [3.8, 4) is 0 Å².